The highest BCUT2D eigenvalue weighted by atomic mass is 32.1. The number of para-hydroxylation sites is 1. The lowest BCUT2D eigenvalue weighted by Gasteiger charge is -2.31. The normalized spacial score (nSPS) is 11.6. The number of hydrogen-bond acceptors (Lipinski definition) is 8. The van der Waals surface area contributed by atoms with Crippen LogP contribution in [0.3, 0.4) is 0 Å². The molecular formula is C28H26N6O4S. The van der Waals surface area contributed by atoms with Crippen molar-refractivity contribution in [2.45, 2.75) is 19.1 Å². The van der Waals surface area contributed by atoms with Crippen LogP contribution >= 0.6 is 11.3 Å². The summed E-state index contributed by atoms with van der Waals surface area (Å²) in [6.45, 7) is 0.0663. The van der Waals surface area contributed by atoms with Crippen LogP contribution in [0.15, 0.2) is 84.5 Å². The number of ether oxygens (including phenoxy) is 2. The van der Waals surface area contributed by atoms with Gasteiger partial charge in [0.1, 0.15) is 29.6 Å². The van der Waals surface area contributed by atoms with Gasteiger partial charge in [-0.3, -0.25) is 14.6 Å². The lowest BCUT2D eigenvalue weighted by molar-refractivity contribution is -0.140. The molecule has 0 aliphatic carbocycles. The second kappa shape index (κ2) is 11.7. The summed E-state index contributed by atoms with van der Waals surface area (Å²) in [5.41, 5.74) is 2.65. The summed E-state index contributed by atoms with van der Waals surface area (Å²) in [6.07, 6.45) is 3.34. The van der Waals surface area contributed by atoms with Crippen LogP contribution in [0.1, 0.15) is 16.5 Å². The number of rotatable bonds is 10. The second-order valence-corrected chi connectivity index (χ2v) is 9.57. The highest BCUT2D eigenvalue weighted by Gasteiger charge is 2.33. The van der Waals surface area contributed by atoms with Gasteiger partial charge in [-0.05, 0) is 47.3 Å². The number of fused-ring (bicyclic) bond motifs is 1. The van der Waals surface area contributed by atoms with E-state index in [2.05, 4.69) is 20.6 Å². The van der Waals surface area contributed by atoms with E-state index in [1.807, 2.05) is 47.8 Å². The van der Waals surface area contributed by atoms with Crippen LogP contribution in [0.4, 0.5) is 5.69 Å². The van der Waals surface area contributed by atoms with E-state index in [1.165, 1.54) is 18.4 Å². The lowest BCUT2D eigenvalue weighted by atomic mass is 10.1. The molecular weight excluding hydrogens is 516 g/mol. The highest BCUT2D eigenvalue weighted by Crippen LogP contribution is 2.33. The number of pyridine rings is 1. The third-order valence-corrected chi connectivity index (χ3v) is 7.07. The van der Waals surface area contributed by atoms with E-state index >= 15 is 0 Å². The van der Waals surface area contributed by atoms with Gasteiger partial charge in [0.15, 0.2) is 0 Å². The number of methoxy groups -OCH3 is 2. The first kappa shape index (κ1) is 25.9. The van der Waals surface area contributed by atoms with E-state index < -0.39 is 6.04 Å². The molecule has 11 heteroatoms. The average molecular weight is 543 g/mol. The van der Waals surface area contributed by atoms with Gasteiger partial charge in [-0.2, -0.15) is 0 Å². The van der Waals surface area contributed by atoms with Crippen LogP contribution in [-0.4, -0.2) is 50.9 Å². The summed E-state index contributed by atoms with van der Waals surface area (Å²) >= 11 is 1.40. The topological polar surface area (TPSA) is 111 Å². The molecule has 3 aromatic heterocycles. The summed E-state index contributed by atoms with van der Waals surface area (Å²) in [5.74, 6) is 0.339. The molecule has 0 spiro atoms. The molecule has 5 aromatic rings. The third-order valence-electron chi connectivity index (χ3n) is 6.14. The monoisotopic (exact) mass is 542 g/mol. The van der Waals surface area contributed by atoms with Crippen LogP contribution < -0.4 is 14.8 Å². The largest absolute Gasteiger partial charge is 0.497 e. The number of thiophene rings is 1. The summed E-state index contributed by atoms with van der Waals surface area (Å²) in [5, 5.41) is 13.2. The Bertz CT molecular complexity index is 1570. The first-order chi connectivity index (χ1) is 19.1. The number of benzene rings is 2. The molecule has 0 radical (unpaired) electrons. The molecule has 0 unspecified atom stereocenters. The molecule has 39 heavy (non-hydrogen) atoms. The minimum absolute atomic E-state index is 0.0954. The smallest absolute Gasteiger partial charge is 0.252 e. The van der Waals surface area contributed by atoms with Crippen LogP contribution in [0, 0.1) is 0 Å². The van der Waals surface area contributed by atoms with Gasteiger partial charge in [0.05, 0.1) is 25.4 Å². The minimum atomic E-state index is -0.931. The Morgan fingerprint density at radius 1 is 1.05 bits per heavy atom. The Kier molecular flexibility index (Phi) is 7.78. The van der Waals surface area contributed by atoms with Crippen molar-refractivity contribution in [3.8, 4) is 11.5 Å². The van der Waals surface area contributed by atoms with E-state index in [0.717, 1.165) is 11.1 Å². The number of aromatic nitrogens is 4. The molecule has 0 aliphatic rings. The van der Waals surface area contributed by atoms with E-state index in [-0.39, 0.29) is 24.9 Å². The first-order valence-corrected chi connectivity index (χ1v) is 13.0. The van der Waals surface area contributed by atoms with Crippen molar-refractivity contribution < 1.29 is 19.1 Å². The predicted octanol–water partition coefficient (Wildman–Crippen LogP) is 4.31. The Morgan fingerprint density at radius 3 is 2.67 bits per heavy atom. The number of hydrogen-bond donors (Lipinski definition) is 1. The summed E-state index contributed by atoms with van der Waals surface area (Å²) < 4.78 is 12.3. The van der Waals surface area contributed by atoms with Gasteiger partial charge in [-0.1, -0.05) is 29.5 Å². The zero-order chi connectivity index (χ0) is 27.2. The van der Waals surface area contributed by atoms with Gasteiger partial charge >= 0.3 is 0 Å². The molecule has 2 aromatic carbocycles. The van der Waals surface area contributed by atoms with E-state index in [9.17, 15) is 9.59 Å². The summed E-state index contributed by atoms with van der Waals surface area (Å²) in [7, 11) is 3.07. The highest BCUT2D eigenvalue weighted by molar-refractivity contribution is 7.10. The van der Waals surface area contributed by atoms with Crippen LogP contribution in [0.25, 0.3) is 11.0 Å². The number of carbonyl (C=O) groups excluding carboxylic acids is 2. The molecule has 5 rings (SSSR count). The average Bonchev–Trinajstić information content (AvgIpc) is 3.64. The zero-order valence-corrected chi connectivity index (χ0v) is 22.2. The van der Waals surface area contributed by atoms with Gasteiger partial charge in [0, 0.05) is 29.9 Å². The molecule has 0 saturated heterocycles. The maximum Gasteiger partial charge on any atom is 0.252 e. The van der Waals surface area contributed by atoms with Crippen molar-refractivity contribution in [3.05, 3.63) is 94.9 Å². The fourth-order valence-corrected chi connectivity index (χ4v) is 5.07. The van der Waals surface area contributed by atoms with Crippen molar-refractivity contribution in [3.63, 3.8) is 0 Å². The number of nitrogens with one attached hydrogen (secondary N) is 1. The molecule has 0 bridgehead atoms. The number of nitrogens with zero attached hydrogens (tertiary/aromatic N) is 5. The number of anilines is 1. The summed E-state index contributed by atoms with van der Waals surface area (Å²) in [4.78, 5) is 34.4. The van der Waals surface area contributed by atoms with E-state index in [1.54, 1.807) is 53.4 Å². The van der Waals surface area contributed by atoms with Gasteiger partial charge in [0.2, 0.25) is 5.91 Å². The molecule has 198 valence electrons. The quantitative estimate of drug-likeness (QED) is 0.280. The molecule has 0 aliphatic heterocycles. The van der Waals surface area contributed by atoms with Gasteiger partial charge in [0.25, 0.3) is 5.91 Å². The maximum atomic E-state index is 14.0. The Balaban J connectivity index is 1.51. The SMILES string of the molecule is COc1ccc(NC(=O)[C@H](c2cccs2)N(Cc2cccnc2)C(=O)Cn2nnc3ccccc32)c(OC)c1. The minimum Gasteiger partial charge on any atom is -0.497 e. The van der Waals surface area contributed by atoms with Crippen molar-refractivity contribution in [1.82, 2.24) is 24.9 Å². The van der Waals surface area contributed by atoms with E-state index in [0.29, 0.717) is 27.6 Å². The molecule has 1 atom stereocenters. The van der Waals surface area contributed by atoms with Crippen molar-refractivity contribution in [1.29, 1.82) is 0 Å². The van der Waals surface area contributed by atoms with Crippen LogP contribution in [0.5, 0.6) is 11.5 Å². The van der Waals surface area contributed by atoms with Crippen molar-refractivity contribution >= 4 is 39.9 Å². The third kappa shape index (κ3) is 5.73. The Morgan fingerprint density at radius 2 is 1.92 bits per heavy atom. The Labute approximate surface area is 228 Å². The summed E-state index contributed by atoms with van der Waals surface area (Å²) in [6, 6.07) is 19.0. The molecule has 2 amide bonds. The molecule has 1 N–H and O–H groups in total. The molecule has 3 heterocycles. The van der Waals surface area contributed by atoms with Gasteiger partial charge < -0.3 is 19.7 Å². The molecule has 0 saturated carbocycles. The maximum absolute atomic E-state index is 14.0. The standard InChI is InChI=1S/C28H26N6O4S/c1-37-20-11-12-22(24(15-20)38-2)30-28(36)27(25-10-6-14-39-25)33(17-19-7-5-13-29-16-19)26(35)18-34-23-9-4-3-8-21(23)31-32-34/h3-16,27H,17-18H2,1-2H3,(H,30,36)/t27-/m0/s1. The fourth-order valence-electron chi connectivity index (χ4n) is 4.24. The second-order valence-electron chi connectivity index (χ2n) is 8.59. The first-order valence-electron chi connectivity index (χ1n) is 12.1. The zero-order valence-electron chi connectivity index (χ0n) is 21.4. The predicted molar refractivity (Wildman–Crippen MR) is 148 cm³/mol. The molecule has 10 nitrogen and oxygen atoms in total. The van der Waals surface area contributed by atoms with Crippen molar-refractivity contribution in [2.24, 2.45) is 0 Å². The Hall–Kier alpha value is -4.77. The van der Waals surface area contributed by atoms with Gasteiger partial charge in [-0.25, -0.2) is 4.68 Å². The fraction of sp³-hybridized carbons (Fsp3) is 0.179. The van der Waals surface area contributed by atoms with E-state index in [4.69, 9.17) is 9.47 Å². The lowest BCUT2D eigenvalue weighted by Crippen LogP contribution is -2.42. The van der Waals surface area contributed by atoms with Crippen molar-refractivity contribution in [2.75, 3.05) is 19.5 Å². The molecule has 0 fully saturated rings. The number of amides is 2. The number of carbonyl (C=O) groups is 2. The van der Waals surface area contributed by atoms with Gasteiger partial charge in [-0.15, -0.1) is 16.4 Å². The van der Waals surface area contributed by atoms with Crippen LogP contribution in [0.2, 0.25) is 0 Å². The van der Waals surface area contributed by atoms with Crippen LogP contribution in [-0.2, 0) is 22.7 Å².